The average Bonchev–Trinajstić information content (AvgIpc) is 3.31. The molecule has 10 heteroatoms. The zero-order valence-corrected chi connectivity index (χ0v) is 19.2. The van der Waals surface area contributed by atoms with Gasteiger partial charge < -0.3 is 19.3 Å². The number of fused-ring (bicyclic) bond motifs is 1. The fourth-order valence-electron chi connectivity index (χ4n) is 4.25. The number of anilines is 2. The van der Waals surface area contributed by atoms with Gasteiger partial charge in [-0.1, -0.05) is 6.07 Å². The Morgan fingerprint density at radius 3 is 2.21 bits per heavy atom. The standard InChI is InChI=1S/C23H26N8O2/c1-15-11-16(2)28-23(27-15)30-9-7-29(8-10-30)21-18(13-24-22-25-14-26-31(21)22)17-5-6-19(32-3)20(12-17)33-4/h5-6,11-14H,7-10H2,1-4H3. The minimum Gasteiger partial charge on any atom is -0.493 e. The van der Waals surface area contributed by atoms with Crippen molar-refractivity contribution in [1.29, 1.82) is 0 Å². The molecule has 1 fully saturated rings. The fourth-order valence-corrected chi connectivity index (χ4v) is 4.25. The molecule has 1 saturated heterocycles. The van der Waals surface area contributed by atoms with Crippen LogP contribution in [-0.2, 0) is 0 Å². The van der Waals surface area contributed by atoms with Crippen molar-refractivity contribution in [2.75, 3.05) is 50.2 Å². The average molecular weight is 447 g/mol. The normalized spacial score (nSPS) is 14.1. The van der Waals surface area contributed by atoms with Crippen molar-refractivity contribution in [1.82, 2.24) is 29.5 Å². The van der Waals surface area contributed by atoms with Crippen molar-refractivity contribution >= 4 is 17.5 Å². The monoisotopic (exact) mass is 446 g/mol. The lowest BCUT2D eigenvalue weighted by atomic mass is 10.1. The van der Waals surface area contributed by atoms with Gasteiger partial charge in [-0.3, -0.25) is 0 Å². The van der Waals surface area contributed by atoms with Gasteiger partial charge in [0, 0.05) is 49.3 Å². The van der Waals surface area contributed by atoms with Gasteiger partial charge in [-0.2, -0.15) is 14.6 Å². The maximum atomic E-state index is 5.52. The van der Waals surface area contributed by atoms with E-state index < -0.39 is 0 Å². The number of piperazine rings is 1. The molecule has 170 valence electrons. The van der Waals surface area contributed by atoms with Crippen molar-refractivity contribution in [2.24, 2.45) is 0 Å². The van der Waals surface area contributed by atoms with Gasteiger partial charge in [-0.25, -0.2) is 15.0 Å². The van der Waals surface area contributed by atoms with Crippen molar-refractivity contribution < 1.29 is 9.47 Å². The van der Waals surface area contributed by atoms with E-state index >= 15 is 0 Å². The first-order valence-corrected chi connectivity index (χ1v) is 10.8. The lowest BCUT2D eigenvalue weighted by Crippen LogP contribution is -2.48. The Labute approximate surface area is 191 Å². The van der Waals surface area contributed by atoms with Crippen LogP contribution in [0.5, 0.6) is 11.5 Å². The summed E-state index contributed by atoms with van der Waals surface area (Å²) in [6, 6.07) is 7.86. The van der Waals surface area contributed by atoms with Crippen molar-refractivity contribution in [3.8, 4) is 22.6 Å². The predicted molar refractivity (Wildman–Crippen MR) is 125 cm³/mol. The van der Waals surface area contributed by atoms with Crippen LogP contribution in [0, 0.1) is 13.8 Å². The number of aromatic nitrogens is 6. The molecule has 1 aliphatic heterocycles. The Kier molecular flexibility index (Phi) is 5.41. The first-order chi connectivity index (χ1) is 16.1. The molecule has 0 aliphatic carbocycles. The molecule has 0 saturated carbocycles. The molecule has 4 heterocycles. The van der Waals surface area contributed by atoms with E-state index in [0.29, 0.717) is 17.3 Å². The van der Waals surface area contributed by atoms with Crippen LogP contribution in [-0.4, -0.2) is 69.9 Å². The molecular formula is C23H26N8O2. The van der Waals surface area contributed by atoms with Crippen LogP contribution in [0.15, 0.2) is 36.8 Å². The van der Waals surface area contributed by atoms with Gasteiger partial charge in [-0.15, -0.1) is 0 Å². The molecule has 4 aromatic rings. The molecule has 0 atom stereocenters. The molecule has 0 spiro atoms. The highest BCUT2D eigenvalue weighted by molar-refractivity contribution is 5.78. The zero-order chi connectivity index (χ0) is 22.9. The lowest BCUT2D eigenvalue weighted by molar-refractivity contribution is 0.355. The number of ether oxygens (including phenoxy) is 2. The van der Waals surface area contributed by atoms with Gasteiger partial charge in [0.2, 0.25) is 5.95 Å². The topological polar surface area (TPSA) is 93.8 Å². The number of nitrogens with zero attached hydrogens (tertiary/aromatic N) is 8. The largest absolute Gasteiger partial charge is 0.493 e. The summed E-state index contributed by atoms with van der Waals surface area (Å²) in [4.78, 5) is 22.6. The third-order valence-corrected chi connectivity index (χ3v) is 5.81. The van der Waals surface area contributed by atoms with E-state index in [-0.39, 0.29) is 0 Å². The Hall–Kier alpha value is -3.95. The van der Waals surface area contributed by atoms with Crippen LogP contribution in [0.4, 0.5) is 11.8 Å². The van der Waals surface area contributed by atoms with Gasteiger partial charge in [0.25, 0.3) is 5.78 Å². The Morgan fingerprint density at radius 1 is 0.818 bits per heavy atom. The summed E-state index contributed by atoms with van der Waals surface area (Å²) in [6.07, 6.45) is 3.38. The Bertz CT molecular complexity index is 1280. The SMILES string of the molecule is COc1ccc(-c2cnc3ncnn3c2N2CCN(c3nc(C)cc(C)n3)CC2)cc1OC. The number of methoxy groups -OCH3 is 2. The van der Waals surface area contributed by atoms with E-state index in [9.17, 15) is 0 Å². The summed E-state index contributed by atoms with van der Waals surface area (Å²) in [5, 5.41) is 4.46. The fraction of sp³-hybridized carbons (Fsp3) is 0.348. The quantitative estimate of drug-likeness (QED) is 0.458. The minimum atomic E-state index is 0.564. The van der Waals surface area contributed by atoms with Crippen LogP contribution in [0.2, 0.25) is 0 Å². The third kappa shape index (κ3) is 3.88. The van der Waals surface area contributed by atoms with E-state index in [1.165, 1.54) is 6.33 Å². The number of aryl methyl sites for hydroxylation is 2. The van der Waals surface area contributed by atoms with E-state index in [0.717, 1.165) is 60.5 Å². The van der Waals surface area contributed by atoms with Gasteiger partial charge >= 0.3 is 0 Å². The molecular weight excluding hydrogens is 420 g/mol. The first kappa shape index (κ1) is 20.9. The van der Waals surface area contributed by atoms with Crippen LogP contribution >= 0.6 is 0 Å². The molecule has 10 nitrogen and oxygen atoms in total. The summed E-state index contributed by atoms with van der Waals surface area (Å²) < 4.78 is 12.7. The van der Waals surface area contributed by atoms with Crippen LogP contribution in [0.1, 0.15) is 11.4 Å². The van der Waals surface area contributed by atoms with Crippen molar-refractivity contribution in [2.45, 2.75) is 13.8 Å². The predicted octanol–water partition coefficient (Wildman–Crippen LogP) is 2.54. The summed E-state index contributed by atoms with van der Waals surface area (Å²) >= 11 is 0. The number of benzene rings is 1. The summed E-state index contributed by atoms with van der Waals surface area (Å²) in [6.45, 7) is 7.18. The highest BCUT2D eigenvalue weighted by Gasteiger charge is 2.25. The molecule has 0 radical (unpaired) electrons. The molecule has 1 aliphatic rings. The Balaban J connectivity index is 1.50. The smallest absolute Gasteiger partial charge is 0.254 e. The van der Waals surface area contributed by atoms with Crippen LogP contribution < -0.4 is 19.3 Å². The maximum absolute atomic E-state index is 5.52. The molecule has 3 aromatic heterocycles. The van der Waals surface area contributed by atoms with E-state index in [2.05, 4.69) is 34.8 Å². The zero-order valence-electron chi connectivity index (χ0n) is 19.2. The summed E-state index contributed by atoms with van der Waals surface area (Å²) in [5.41, 5.74) is 3.88. The van der Waals surface area contributed by atoms with E-state index in [4.69, 9.17) is 9.47 Å². The third-order valence-electron chi connectivity index (χ3n) is 5.81. The highest BCUT2D eigenvalue weighted by atomic mass is 16.5. The molecule has 5 rings (SSSR count). The van der Waals surface area contributed by atoms with E-state index in [1.807, 2.05) is 44.3 Å². The van der Waals surface area contributed by atoms with Gasteiger partial charge in [-0.05, 0) is 37.6 Å². The molecule has 33 heavy (non-hydrogen) atoms. The molecule has 0 bridgehead atoms. The summed E-state index contributed by atoms with van der Waals surface area (Å²) in [5.74, 6) is 3.64. The second-order valence-electron chi connectivity index (χ2n) is 7.96. The number of rotatable bonds is 5. The van der Waals surface area contributed by atoms with Gasteiger partial charge in [0.15, 0.2) is 11.5 Å². The molecule has 0 amide bonds. The van der Waals surface area contributed by atoms with Gasteiger partial charge in [0.1, 0.15) is 12.1 Å². The van der Waals surface area contributed by atoms with E-state index in [1.54, 1.807) is 18.7 Å². The Morgan fingerprint density at radius 2 is 1.52 bits per heavy atom. The minimum absolute atomic E-state index is 0.564. The molecule has 1 aromatic carbocycles. The number of hydrogen-bond donors (Lipinski definition) is 0. The second kappa shape index (κ2) is 8.53. The summed E-state index contributed by atoms with van der Waals surface area (Å²) in [7, 11) is 3.26. The lowest BCUT2D eigenvalue weighted by Gasteiger charge is -2.36. The first-order valence-electron chi connectivity index (χ1n) is 10.8. The van der Waals surface area contributed by atoms with Gasteiger partial charge in [0.05, 0.1) is 14.2 Å². The highest BCUT2D eigenvalue weighted by Crippen LogP contribution is 2.36. The van der Waals surface area contributed by atoms with Crippen LogP contribution in [0.25, 0.3) is 16.9 Å². The van der Waals surface area contributed by atoms with Crippen molar-refractivity contribution in [3.63, 3.8) is 0 Å². The second-order valence-corrected chi connectivity index (χ2v) is 7.96. The van der Waals surface area contributed by atoms with Crippen LogP contribution in [0.3, 0.4) is 0 Å². The maximum Gasteiger partial charge on any atom is 0.254 e. The number of hydrogen-bond acceptors (Lipinski definition) is 9. The van der Waals surface area contributed by atoms with Crippen molar-refractivity contribution in [3.05, 3.63) is 48.2 Å². The molecule has 0 N–H and O–H groups in total. The molecule has 0 unspecified atom stereocenters.